The van der Waals surface area contributed by atoms with Gasteiger partial charge in [0.1, 0.15) is 0 Å². The van der Waals surface area contributed by atoms with Crippen molar-refractivity contribution in [3.05, 3.63) is 0 Å². The summed E-state index contributed by atoms with van der Waals surface area (Å²) in [5.74, 6) is 0. The number of alkyl halides is 4. The van der Waals surface area contributed by atoms with Gasteiger partial charge < -0.3 is 0 Å². The van der Waals surface area contributed by atoms with E-state index < -0.39 is 6.36 Å². The first-order valence-corrected chi connectivity index (χ1v) is 3.95. The molecule has 0 saturated heterocycles. The van der Waals surface area contributed by atoms with Gasteiger partial charge >= 0.3 is 6.36 Å². The molecular formula is C5H8BrF3O. The van der Waals surface area contributed by atoms with E-state index in [4.69, 9.17) is 0 Å². The SMILES string of the molecule is FC(F)(F)OCCCCBr. The molecule has 0 unspecified atom stereocenters. The van der Waals surface area contributed by atoms with E-state index in [-0.39, 0.29) is 6.61 Å². The van der Waals surface area contributed by atoms with E-state index in [2.05, 4.69) is 20.7 Å². The molecule has 0 N–H and O–H groups in total. The summed E-state index contributed by atoms with van der Waals surface area (Å²) in [7, 11) is 0. The highest BCUT2D eigenvalue weighted by Crippen LogP contribution is 2.16. The van der Waals surface area contributed by atoms with E-state index in [0.717, 1.165) is 0 Å². The molecule has 0 aliphatic carbocycles. The van der Waals surface area contributed by atoms with Crippen LogP contribution in [-0.4, -0.2) is 18.3 Å². The number of ether oxygens (including phenoxy) is 1. The van der Waals surface area contributed by atoms with E-state index in [0.29, 0.717) is 18.2 Å². The Kier molecular flexibility index (Phi) is 5.07. The Morgan fingerprint density at radius 2 is 1.80 bits per heavy atom. The Morgan fingerprint density at radius 3 is 2.20 bits per heavy atom. The molecule has 0 rings (SSSR count). The zero-order valence-electron chi connectivity index (χ0n) is 5.25. The lowest BCUT2D eigenvalue weighted by molar-refractivity contribution is -0.324. The first-order chi connectivity index (χ1) is 4.56. The molecule has 0 aromatic heterocycles. The third kappa shape index (κ3) is 8.23. The monoisotopic (exact) mass is 220 g/mol. The van der Waals surface area contributed by atoms with Crippen molar-refractivity contribution in [3.8, 4) is 0 Å². The maximum atomic E-state index is 11.2. The molecule has 0 aliphatic heterocycles. The van der Waals surface area contributed by atoms with Gasteiger partial charge in [0.2, 0.25) is 0 Å². The van der Waals surface area contributed by atoms with Crippen molar-refractivity contribution >= 4 is 15.9 Å². The molecule has 0 fully saturated rings. The molecule has 0 aliphatic rings. The van der Waals surface area contributed by atoms with Gasteiger partial charge in [0.05, 0.1) is 6.61 Å². The van der Waals surface area contributed by atoms with E-state index in [1.54, 1.807) is 0 Å². The topological polar surface area (TPSA) is 9.23 Å². The summed E-state index contributed by atoms with van der Waals surface area (Å²) in [5.41, 5.74) is 0. The summed E-state index contributed by atoms with van der Waals surface area (Å²) < 4.78 is 37.3. The van der Waals surface area contributed by atoms with Crippen molar-refractivity contribution in [1.82, 2.24) is 0 Å². The Hall–Kier alpha value is 0.230. The van der Waals surface area contributed by atoms with Crippen molar-refractivity contribution < 1.29 is 17.9 Å². The summed E-state index contributed by atoms with van der Waals surface area (Å²) in [6, 6.07) is 0. The lowest BCUT2D eigenvalue weighted by Crippen LogP contribution is -2.14. The van der Waals surface area contributed by atoms with Crippen molar-refractivity contribution in [2.24, 2.45) is 0 Å². The third-order valence-corrected chi connectivity index (χ3v) is 1.35. The summed E-state index contributed by atoms with van der Waals surface area (Å²) >= 11 is 3.09. The molecule has 0 saturated carbocycles. The number of hydrogen-bond acceptors (Lipinski definition) is 1. The molecule has 0 radical (unpaired) electrons. The van der Waals surface area contributed by atoms with E-state index >= 15 is 0 Å². The summed E-state index contributed by atoms with van der Waals surface area (Å²) in [6.07, 6.45) is -3.33. The Bertz CT molecular complexity index is 83.5. The zero-order chi connectivity index (χ0) is 8.04. The highest BCUT2D eigenvalue weighted by Gasteiger charge is 2.28. The second-order valence-electron chi connectivity index (χ2n) is 1.69. The van der Waals surface area contributed by atoms with Crippen LogP contribution in [0.4, 0.5) is 13.2 Å². The highest BCUT2D eigenvalue weighted by atomic mass is 79.9. The number of unbranched alkanes of at least 4 members (excludes halogenated alkanes) is 1. The fraction of sp³-hybridized carbons (Fsp3) is 1.00. The molecule has 0 aromatic carbocycles. The zero-order valence-corrected chi connectivity index (χ0v) is 6.83. The van der Waals surface area contributed by atoms with Gasteiger partial charge in [-0.15, -0.1) is 13.2 Å². The Labute approximate surface area is 65.7 Å². The summed E-state index contributed by atoms with van der Waals surface area (Å²) in [6.45, 7) is -0.241. The van der Waals surface area contributed by atoms with Gasteiger partial charge in [-0.2, -0.15) is 0 Å². The molecule has 5 heteroatoms. The third-order valence-electron chi connectivity index (χ3n) is 0.794. The largest absolute Gasteiger partial charge is 0.522 e. The van der Waals surface area contributed by atoms with Gasteiger partial charge in [0.25, 0.3) is 0 Å². The minimum atomic E-state index is -4.47. The van der Waals surface area contributed by atoms with Gasteiger partial charge in [-0.05, 0) is 12.8 Å². The first-order valence-electron chi connectivity index (χ1n) is 2.83. The molecule has 0 atom stereocenters. The van der Waals surface area contributed by atoms with E-state index in [1.807, 2.05) is 0 Å². The van der Waals surface area contributed by atoms with Crippen LogP contribution in [0.25, 0.3) is 0 Å². The quantitative estimate of drug-likeness (QED) is 0.523. The highest BCUT2D eigenvalue weighted by molar-refractivity contribution is 9.09. The van der Waals surface area contributed by atoms with Crippen molar-refractivity contribution in [2.75, 3.05) is 11.9 Å². The van der Waals surface area contributed by atoms with Crippen LogP contribution in [0, 0.1) is 0 Å². The number of halogens is 4. The lowest BCUT2D eigenvalue weighted by atomic mass is 10.4. The van der Waals surface area contributed by atoms with Crippen LogP contribution in [0.1, 0.15) is 12.8 Å². The van der Waals surface area contributed by atoms with Gasteiger partial charge in [0.15, 0.2) is 0 Å². The fourth-order valence-electron chi connectivity index (χ4n) is 0.384. The predicted molar refractivity (Wildman–Crippen MR) is 35.0 cm³/mol. The fourth-order valence-corrected chi connectivity index (χ4v) is 0.781. The average molecular weight is 221 g/mol. The van der Waals surface area contributed by atoms with Gasteiger partial charge in [-0.3, -0.25) is 4.74 Å². The second-order valence-corrected chi connectivity index (χ2v) is 2.48. The molecule has 0 amide bonds. The van der Waals surface area contributed by atoms with Crippen LogP contribution < -0.4 is 0 Å². The lowest BCUT2D eigenvalue weighted by Gasteiger charge is -2.05. The maximum Gasteiger partial charge on any atom is 0.522 e. The van der Waals surface area contributed by atoms with Gasteiger partial charge in [0, 0.05) is 5.33 Å². The molecule has 0 bridgehead atoms. The van der Waals surface area contributed by atoms with E-state index in [9.17, 15) is 13.2 Å². The molecule has 1 nitrogen and oxygen atoms in total. The van der Waals surface area contributed by atoms with E-state index in [1.165, 1.54) is 0 Å². The van der Waals surface area contributed by atoms with Gasteiger partial charge in [-0.25, -0.2) is 0 Å². The Morgan fingerprint density at radius 1 is 1.20 bits per heavy atom. The molecule has 10 heavy (non-hydrogen) atoms. The van der Waals surface area contributed by atoms with Crippen molar-refractivity contribution in [2.45, 2.75) is 19.2 Å². The minimum Gasteiger partial charge on any atom is -0.292 e. The first kappa shape index (κ1) is 10.2. The van der Waals surface area contributed by atoms with Crippen LogP contribution >= 0.6 is 15.9 Å². The minimum absolute atomic E-state index is 0.241. The van der Waals surface area contributed by atoms with Crippen LogP contribution in [0.3, 0.4) is 0 Å². The van der Waals surface area contributed by atoms with Crippen molar-refractivity contribution in [3.63, 3.8) is 0 Å². The normalized spacial score (nSPS) is 12.0. The standard InChI is InChI=1S/C5H8BrF3O/c6-3-1-2-4-10-5(7,8)9/h1-4H2. The van der Waals surface area contributed by atoms with Crippen LogP contribution in [-0.2, 0) is 4.74 Å². The molecule has 0 heterocycles. The van der Waals surface area contributed by atoms with Crippen molar-refractivity contribution in [1.29, 1.82) is 0 Å². The number of rotatable bonds is 4. The molecule has 0 aromatic rings. The second kappa shape index (κ2) is 4.96. The average Bonchev–Trinajstić information content (AvgIpc) is 1.78. The molecule has 62 valence electrons. The van der Waals surface area contributed by atoms with Crippen LogP contribution in [0.15, 0.2) is 0 Å². The predicted octanol–water partition coefficient (Wildman–Crippen LogP) is 2.70. The summed E-state index contributed by atoms with van der Waals surface area (Å²) in [5, 5.41) is 0.716. The van der Waals surface area contributed by atoms with Crippen LogP contribution in [0.5, 0.6) is 0 Å². The maximum absolute atomic E-state index is 11.2. The van der Waals surface area contributed by atoms with Crippen LogP contribution in [0.2, 0.25) is 0 Å². The Balaban J connectivity index is 3.04. The summed E-state index contributed by atoms with van der Waals surface area (Å²) in [4.78, 5) is 0. The number of hydrogen-bond donors (Lipinski definition) is 0. The smallest absolute Gasteiger partial charge is 0.292 e. The van der Waals surface area contributed by atoms with Gasteiger partial charge in [-0.1, -0.05) is 15.9 Å². The molecule has 0 spiro atoms. The molecular weight excluding hydrogens is 213 g/mol.